The molecule has 0 spiro atoms. The molecule has 0 radical (unpaired) electrons. The Morgan fingerprint density at radius 3 is 2.67 bits per heavy atom. The molecule has 7 heteroatoms. The van der Waals surface area contributed by atoms with Gasteiger partial charge in [0.05, 0.1) is 11.4 Å². The van der Waals surface area contributed by atoms with Gasteiger partial charge >= 0.3 is 0 Å². The van der Waals surface area contributed by atoms with Gasteiger partial charge in [-0.1, -0.05) is 12.1 Å². The number of rotatable bonds is 5. The fraction of sp³-hybridized carbons (Fsp3) is 0.214. The highest BCUT2D eigenvalue weighted by Gasteiger charge is 2.17. The first kappa shape index (κ1) is 15.7. The second-order valence-corrected chi connectivity index (χ2v) is 7.39. The molecule has 1 heterocycles. The number of hydrogen-bond donors (Lipinski definition) is 1. The van der Waals surface area contributed by atoms with Crippen molar-refractivity contribution in [1.29, 1.82) is 0 Å². The third-order valence-corrected chi connectivity index (χ3v) is 5.25. The molecule has 5 nitrogen and oxygen atoms in total. The number of benzene rings is 1. The monoisotopic (exact) mass is 324 g/mol. The van der Waals surface area contributed by atoms with Crippen LogP contribution < -0.4 is 4.72 Å². The van der Waals surface area contributed by atoms with Crippen LogP contribution in [0.15, 0.2) is 46.7 Å². The van der Waals surface area contributed by atoms with Crippen molar-refractivity contribution in [2.24, 2.45) is 0 Å². The first-order valence-corrected chi connectivity index (χ1v) is 8.62. The Morgan fingerprint density at radius 1 is 1.29 bits per heavy atom. The lowest BCUT2D eigenvalue weighted by molar-refractivity contribution is 0.0786. The molecule has 0 atom stereocenters. The average Bonchev–Trinajstić information content (AvgIpc) is 2.99. The molecule has 0 aliphatic heterocycles. The van der Waals surface area contributed by atoms with Gasteiger partial charge in [0.1, 0.15) is 0 Å². The zero-order chi connectivity index (χ0) is 15.5. The van der Waals surface area contributed by atoms with Crippen LogP contribution in [0.5, 0.6) is 0 Å². The lowest BCUT2D eigenvalue weighted by Crippen LogP contribution is -2.26. The lowest BCUT2D eigenvalue weighted by Gasteiger charge is -2.16. The number of thiophene rings is 1. The van der Waals surface area contributed by atoms with E-state index in [0.717, 1.165) is 4.88 Å². The minimum absolute atomic E-state index is 0.0837. The number of carbonyl (C=O) groups excluding carboxylic acids is 1. The maximum atomic E-state index is 12.4. The van der Waals surface area contributed by atoms with Crippen LogP contribution in [0.1, 0.15) is 15.2 Å². The molecule has 0 fully saturated rings. The molecule has 21 heavy (non-hydrogen) atoms. The summed E-state index contributed by atoms with van der Waals surface area (Å²) >= 11 is 1.58. The molecule has 0 saturated carbocycles. The van der Waals surface area contributed by atoms with Crippen molar-refractivity contribution in [2.75, 3.05) is 14.1 Å². The van der Waals surface area contributed by atoms with Gasteiger partial charge in [-0.15, -0.1) is 11.3 Å². The van der Waals surface area contributed by atoms with E-state index in [2.05, 4.69) is 4.72 Å². The number of hydrogen-bond acceptors (Lipinski definition) is 4. The van der Waals surface area contributed by atoms with Gasteiger partial charge in [-0.25, -0.2) is 13.1 Å². The number of carbonyl (C=O) groups is 1. The standard InChI is InChI=1S/C14H16N2O3S2/c1-15-21(18,19)13-7-3-5-11(9-13)14(17)16(2)10-12-6-4-8-20-12/h3-9,15H,10H2,1-2H3. The van der Waals surface area contributed by atoms with Crippen molar-refractivity contribution in [1.82, 2.24) is 9.62 Å². The second kappa shape index (κ2) is 6.38. The van der Waals surface area contributed by atoms with E-state index in [0.29, 0.717) is 12.1 Å². The molecule has 0 bridgehead atoms. The molecular formula is C14H16N2O3S2. The molecule has 0 aliphatic rings. The predicted molar refractivity (Wildman–Crippen MR) is 82.8 cm³/mol. The van der Waals surface area contributed by atoms with Gasteiger partial charge in [0.2, 0.25) is 10.0 Å². The van der Waals surface area contributed by atoms with Gasteiger partial charge in [-0.2, -0.15) is 0 Å². The maximum absolute atomic E-state index is 12.4. The van der Waals surface area contributed by atoms with Gasteiger partial charge in [0.15, 0.2) is 0 Å². The largest absolute Gasteiger partial charge is 0.337 e. The number of nitrogens with zero attached hydrogens (tertiary/aromatic N) is 1. The quantitative estimate of drug-likeness (QED) is 0.914. The van der Waals surface area contributed by atoms with Crippen LogP contribution in [0.2, 0.25) is 0 Å². The van der Waals surface area contributed by atoms with Gasteiger partial charge in [-0.3, -0.25) is 4.79 Å². The van der Waals surface area contributed by atoms with E-state index in [9.17, 15) is 13.2 Å². The third-order valence-electron chi connectivity index (χ3n) is 2.98. The predicted octanol–water partition coefficient (Wildman–Crippen LogP) is 1.93. The first-order chi connectivity index (χ1) is 9.94. The molecule has 1 aromatic carbocycles. The minimum atomic E-state index is -3.55. The Labute approximate surface area is 128 Å². The van der Waals surface area contributed by atoms with E-state index >= 15 is 0 Å². The third kappa shape index (κ3) is 3.69. The highest BCUT2D eigenvalue weighted by molar-refractivity contribution is 7.89. The summed E-state index contributed by atoms with van der Waals surface area (Å²) in [6.45, 7) is 0.500. The normalized spacial score (nSPS) is 11.3. The van der Waals surface area contributed by atoms with Crippen LogP contribution in [-0.2, 0) is 16.6 Å². The smallest absolute Gasteiger partial charge is 0.253 e. The molecule has 112 valence electrons. The molecule has 1 aromatic heterocycles. The van der Waals surface area contributed by atoms with Crippen molar-refractivity contribution < 1.29 is 13.2 Å². The molecule has 0 unspecified atom stereocenters. The summed E-state index contributed by atoms with van der Waals surface area (Å²) in [6.07, 6.45) is 0. The molecule has 2 aromatic rings. The Bertz CT molecular complexity index is 724. The van der Waals surface area contributed by atoms with E-state index in [1.54, 1.807) is 35.4 Å². The summed E-state index contributed by atoms with van der Waals surface area (Å²) in [5, 5.41) is 1.95. The van der Waals surface area contributed by atoms with Crippen molar-refractivity contribution in [2.45, 2.75) is 11.4 Å². The summed E-state index contributed by atoms with van der Waals surface area (Å²) in [5.74, 6) is -0.212. The Hall–Kier alpha value is -1.70. The Morgan fingerprint density at radius 2 is 2.05 bits per heavy atom. The van der Waals surface area contributed by atoms with E-state index in [1.807, 2.05) is 17.5 Å². The van der Waals surface area contributed by atoms with E-state index in [4.69, 9.17) is 0 Å². The van der Waals surface area contributed by atoms with Crippen molar-refractivity contribution in [3.05, 3.63) is 52.2 Å². The fourth-order valence-corrected chi connectivity index (χ4v) is 3.38. The topological polar surface area (TPSA) is 66.5 Å². The van der Waals surface area contributed by atoms with Crippen LogP contribution in [0.3, 0.4) is 0 Å². The Balaban J connectivity index is 2.21. The number of nitrogens with one attached hydrogen (secondary N) is 1. The molecule has 0 saturated heterocycles. The highest BCUT2D eigenvalue weighted by Crippen LogP contribution is 2.15. The van der Waals surface area contributed by atoms with Crippen LogP contribution in [-0.4, -0.2) is 33.3 Å². The van der Waals surface area contributed by atoms with E-state index in [-0.39, 0.29) is 10.8 Å². The van der Waals surface area contributed by atoms with E-state index in [1.165, 1.54) is 19.2 Å². The number of amides is 1. The van der Waals surface area contributed by atoms with Gasteiger partial charge in [-0.05, 0) is 36.7 Å². The van der Waals surface area contributed by atoms with Crippen molar-refractivity contribution in [3.63, 3.8) is 0 Å². The van der Waals surface area contributed by atoms with Gasteiger partial charge in [0.25, 0.3) is 5.91 Å². The maximum Gasteiger partial charge on any atom is 0.253 e. The molecule has 2 rings (SSSR count). The summed E-state index contributed by atoms with van der Waals surface area (Å²) < 4.78 is 25.8. The van der Waals surface area contributed by atoms with Crippen molar-refractivity contribution in [3.8, 4) is 0 Å². The fourth-order valence-electron chi connectivity index (χ4n) is 1.84. The van der Waals surface area contributed by atoms with Crippen LogP contribution in [0, 0.1) is 0 Å². The van der Waals surface area contributed by atoms with Crippen LogP contribution in [0.25, 0.3) is 0 Å². The SMILES string of the molecule is CNS(=O)(=O)c1cccc(C(=O)N(C)Cc2cccs2)c1. The lowest BCUT2D eigenvalue weighted by atomic mass is 10.2. The van der Waals surface area contributed by atoms with Crippen LogP contribution in [0.4, 0.5) is 0 Å². The van der Waals surface area contributed by atoms with Crippen molar-refractivity contribution >= 4 is 27.3 Å². The number of sulfonamides is 1. The zero-order valence-corrected chi connectivity index (χ0v) is 13.4. The minimum Gasteiger partial charge on any atom is -0.337 e. The molecular weight excluding hydrogens is 308 g/mol. The zero-order valence-electron chi connectivity index (χ0n) is 11.7. The Kier molecular flexibility index (Phi) is 4.76. The van der Waals surface area contributed by atoms with Crippen LogP contribution >= 0.6 is 11.3 Å². The summed E-state index contributed by atoms with van der Waals surface area (Å²) in [6, 6.07) is 9.91. The molecule has 1 N–H and O–H groups in total. The average molecular weight is 324 g/mol. The van der Waals surface area contributed by atoms with E-state index < -0.39 is 10.0 Å². The second-order valence-electron chi connectivity index (χ2n) is 4.48. The summed E-state index contributed by atoms with van der Waals surface area (Å²) in [4.78, 5) is 15.1. The summed E-state index contributed by atoms with van der Waals surface area (Å²) in [7, 11) is -0.513. The first-order valence-electron chi connectivity index (χ1n) is 6.25. The summed E-state index contributed by atoms with van der Waals surface area (Å²) in [5.41, 5.74) is 0.352. The molecule has 0 aliphatic carbocycles. The van der Waals surface area contributed by atoms with Gasteiger partial charge in [0, 0.05) is 17.5 Å². The highest BCUT2D eigenvalue weighted by atomic mass is 32.2. The molecule has 1 amide bonds. The van der Waals surface area contributed by atoms with Gasteiger partial charge < -0.3 is 4.90 Å².